The highest BCUT2D eigenvalue weighted by Gasteiger charge is 2.33. The number of piperidine rings is 1. The van der Waals surface area contributed by atoms with Crippen molar-refractivity contribution in [1.82, 2.24) is 15.6 Å². The molecule has 0 spiro atoms. The van der Waals surface area contributed by atoms with Crippen LogP contribution in [0.5, 0.6) is 0 Å². The van der Waals surface area contributed by atoms with E-state index in [-0.39, 0.29) is 17.4 Å². The van der Waals surface area contributed by atoms with Gasteiger partial charge in [0.05, 0.1) is 0 Å². The summed E-state index contributed by atoms with van der Waals surface area (Å²) in [5.74, 6) is -0.0707. The van der Waals surface area contributed by atoms with Gasteiger partial charge < -0.3 is 10.6 Å². The summed E-state index contributed by atoms with van der Waals surface area (Å²) in [4.78, 5) is 16.4. The zero-order chi connectivity index (χ0) is 13.2. The zero-order valence-electron chi connectivity index (χ0n) is 11.3. The molecule has 2 rings (SSSR count). The maximum absolute atomic E-state index is 12.2. The van der Waals surface area contributed by atoms with E-state index in [1.165, 1.54) is 0 Å². The van der Waals surface area contributed by atoms with E-state index in [9.17, 15) is 4.79 Å². The summed E-state index contributed by atoms with van der Waals surface area (Å²) in [6.45, 7) is 8.13. The topological polar surface area (TPSA) is 54.0 Å². The zero-order valence-corrected chi connectivity index (χ0v) is 11.3. The van der Waals surface area contributed by atoms with Gasteiger partial charge in [-0.15, -0.1) is 0 Å². The van der Waals surface area contributed by atoms with Crippen LogP contribution in [0.4, 0.5) is 0 Å². The molecule has 2 heterocycles. The van der Waals surface area contributed by atoms with Gasteiger partial charge in [-0.1, -0.05) is 19.9 Å². The number of aryl methyl sites for hydroxylation is 1. The number of carbonyl (C=O) groups is 1. The molecule has 1 unspecified atom stereocenters. The summed E-state index contributed by atoms with van der Waals surface area (Å²) < 4.78 is 0. The normalized spacial score (nSPS) is 22.5. The molecule has 0 bridgehead atoms. The molecule has 18 heavy (non-hydrogen) atoms. The Morgan fingerprint density at radius 1 is 1.50 bits per heavy atom. The summed E-state index contributed by atoms with van der Waals surface area (Å²) in [6.07, 6.45) is 0.963. The highest BCUT2D eigenvalue weighted by Crippen LogP contribution is 2.25. The van der Waals surface area contributed by atoms with Crippen molar-refractivity contribution in [3.8, 4) is 0 Å². The van der Waals surface area contributed by atoms with E-state index in [0.717, 1.165) is 25.2 Å². The molecular formula is C14H21N3O. The largest absolute Gasteiger partial charge is 0.347 e. The Kier molecular flexibility index (Phi) is 3.66. The summed E-state index contributed by atoms with van der Waals surface area (Å²) in [5, 5.41) is 6.47. The molecule has 98 valence electrons. The van der Waals surface area contributed by atoms with Gasteiger partial charge in [0, 0.05) is 18.3 Å². The Bertz CT molecular complexity index is 442. The molecule has 4 nitrogen and oxygen atoms in total. The van der Waals surface area contributed by atoms with Crippen molar-refractivity contribution in [2.75, 3.05) is 13.1 Å². The number of hydrogen-bond acceptors (Lipinski definition) is 3. The number of nitrogens with zero attached hydrogens (tertiary/aromatic N) is 1. The molecule has 1 aliphatic rings. The number of carbonyl (C=O) groups excluding carboxylic acids is 1. The minimum Gasteiger partial charge on any atom is -0.347 e. The van der Waals surface area contributed by atoms with Crippen molar-refractivity contribution >= 4 is 5.91 Å². The van der Waals surface area contributed by atoms with Gasteiger partial charge in [-0.25, -0.2) is 4.98 Å². The molecule has 4 heteroatoms. The van der Waals surface area contributed by atoms with Gasteiger partial charge >= 0.3 is 0 Å². The number of hydrogen-bond donors (Lipinski definition) is 2. The summed E-state index contributed by atoms with van der Waals surface area (Å²) in [7, 11) is 0. The van der Waals surface area contributed by atoms with Gasteiger partial charge in [0.2, 0.25) is 0 Å². The molecule has 1 atom stereocenters. The first-order valence-corrected chi connectivity index (χ1v) is 6.44. The van der Waals surface area contributed by atoms with Crippen molar-refractivity contribution in [3.63, 3.8) is 0 Å². The monoisotopic (exact) mass is 247 g/mol. The first-order chi connectivity index (χ1) is 8.49. The number of aromatic nitrogens is 1. The van der Waals surface area contributed by atoms with E-state index < -0.39 is 0 Å². The van der Waals surface area contributed by atoms with Crippen LogP contribution >= 0.6 is 0 Å². The van der Waals surface area contributed by atoms with Crippen LogP contribution in [0.3, 0.4) is 0 Å². The van der Waals surface area contributed by atoms with Gasteiger partial charge in [-0.05, 0) is 37.4 Å². The fourth-order valence-corrected chi connectivity index (χ4v) is 2.34. The molecule has 1 saturated heterocycles. The van der Waals surface area contributed by atoms with Crippen LogP contribution in [-0.2, 0) is 0 Å². The molecule has 0 saturated carbocycles. The van der Waals surface area contributed by atoms with Crippen molar-refractivity contribution in [3.05, 3.63) is 29.6 Å². The standard InChI is InChI=1S/C14H21N3O/c1-10-5-4-6-11(16-10)13(18)17-12-7-8-15-9-14(12,2)3/h4-6,12,15H,7-9H2,1-3H3,(H,17,18). The molecular weight excluding hydrogens is 226 g/mol. The molecule has 0 radical (unpaired) electrons. The molecule has 2 N–H and O–H groups in total. The van der Waals surface area contributed by atoms with Gasteiger partial charge in [0.25, 0.3) is 5.91 Å². The molecule has 1 aliphatic heterocycles. The fraction of sp³-hybridized carbons (Fsp3) is 0.571. The van der Waals surface area contributed by atoms with Crippen molar-refractivity contribution in [2.24, 2.45) is 5.41 Å². The van der Waals surface area contributed by atoms with Gasteiger partial charge in [-0.2, -0.15) is 0 Å². The van der Waals surface area contributed by atoms with Gasteiger partial charge in [0.1, 0.15) is 5.69 Å². The summed E-state index contributed by atoms with van der Waals surface area (Å²) in [6, 6.07) is 5.72. The van der Waals surface area contributed by atoms with Crippen LogP contribution < -0.4 is 10.6 Å². The third kappa shape index (κ3) is 2.88. The van der Waals surface area contributed by atoms with Crippen molar-refractivity contribution in [2.45, 2.75) is 33.2 Å². The Morgan fingerprint density at radius 3 is 2.94 bits per heavy atom. The second-order valence-electron chi connectivity index (χ2n) is 5.64. The molecule has 1 amide bonds. The lowest BCUT2D eigenvalue weighted by Crippen LogP contribution is -2.54. The van der Waals surface area contributed by atoms with E-state index in [4.69, 9.17) is 0 Å². The molecule has 1 fully saturated rings. The molecule has 0 aromatic carbocycles. The van der Waals surface area contributed by atoms with Crippen LogP contribution in [0, 0.1) is 12.3 Å². The van der Waals surface area contributed by atoms with E-state index in [0.29, 0.717) is 5.69 Å². The maximum atomic E-state index is 12.2. The van der Waals surface area contributed by atoms with E-state index in [1.807, 2.05) is 19.1 Å². The van der Waals surface area contributed by atoms with Crippen molar-refractivity contribution in [1.29, 1.82) is 0 Å². The van der Waals surface area contributed by atoms with E-state index in [2.05, 4.69) is 29.5 Å². The number of pyridine rings is 1. The van der Waals surface area contributed by atoms with E-state index in [1.54, 1.807) is 6.07 Å². The number of nitrogens with one attached hydrogen (secondary N) is 2. The molecule has 0 aliphatic carbocycles. The first-order valence-electron chi connectivity index (χ1n) is 6.44. The second-order valence-corrected chi connectivity index (χ2v) is 5.64. The summed E-state index contributed by atoms with van der Waals surface area (Å²) >= 11 is 0. The quantitative estimate of drug-likeness (QED) is 0.833. The Hall–Kier alpha value is -1.42. The Morgan fingerprint density at radius 2 is 2.28 bits per heavy atom. The molecule has 1 aromatic rings. The number of amides is 1. The lowest BCUT2D eigenvalue weighted by Gasteiger charge is -2.39. The average molecular weight is 247 g/mol. The van der Waals surface area contributed by atoms with Crippen LogP contribution in [-0.4, -0.2) is 30.0 Å². The van der Waals surface area contributed by atoms with Crippen LogP contribution in [0.15, 0.2) is 18.2 Å². The summed E-state index contributed by atoms with van der Waals surface area (Å²) in [5.41, 5.74) is 1.45. The van der Waals surface area contributed by atoms with Crippen LogP contribution in [0.2, 0.25) is 0 Å². The highest BCUT2D eigenvalue weighted by atomic mass is 16.1. The molecule has 1 aromatic heterocycles. The lowest BCUT2D eigenvalue weighted by molar-refractivity contribution is 0.0863. The van der Waals surface area contributed by atoms with Gasteiger partial charge in [0.15, 0.2) is 0 Å². The van der Waals surface area contributed by atoms with Gasteiger partial charge in [-0.3, -0.25) is 4.79 Å². The predicted octanol–water partition coefficient (Wildman–Crippen LogP) is 1.51. The van der Waals surface area contributed by atoms with Crippen LogP contribution in [0.25, 0.3) is 0 Å². The SMILES string of the molecule is Cc1cccc(C(=O)NC2CCNCC2(C)C)n1. The highest BCUT2D eigenvalue weighted by molar-refractivity contribution is 5.92. The predicted molar refractivity (Wildman–Crippen MR) is 71.5 cm³/mol. The smallest absolute Gasteiger partial charge is 0.270 e. The third-order valence-corrected chi connectivity index (χ3v) is 3.56. The van der Waals surface area contributed by atoms with Crippen LogP contribution in [0.1, 0.15) is 36.5 Å². The Balaban J connectivity index is 2.07. The van der Waals surface area contributed by atoms with E-state index >= 15 is 0 Å². The lowest BCUT2D eigenvalue weighted by atomic mass is 9.80. The maximum Gasteiger partial charge on any atom is 0.270 e. The third-order valence-electron chi connectivity index (χ3n) is 3.56. The van der Waals surface area contributed by atoms with Crippen molar-refractivity contribution < 1.29 is 4.79 Å². The minimum atomic E-state index is -0.0707. The Labute approximate surface area is 108 Å². The first kappa shape index (κ1) is 13.0. The average Bonchev–Trinajstić information content (AvgIpc) is 2.31. The second kappa shape index (κ2) is 5.06. The minimum absolute atomic E-state index is 0.0707. The number of rotatable bonds is 2. The fourth-order valence-electron chi connectivity index (χ4n) is 2.34.